The summed E-state index contributed by atoms with van der Waals surface area (Å²) < 4.78 is 29.1. The molecule has 11 nitrogen and oxygen atoms in total. The summed E-state index contributed by atoms with van der Waals surface area (Å²) in [6.07, 6.45) is 4.17. The molecule has 38 heavy (non-hydrogen) atoms. The van der Waals surface area contributed by atoms with Crippen molar-refractivity contribution in [2.24, 2.45) is 0 Å². The maximum atomic E-state index is 13.7. The zero-order chi connectivity index (χ0) is 27.0. The average Bonchev–Trinajstić information content (AvgIpc) is 3.24. The number of fused-ring (bicyclic) bond motifs is 1. The van der Waals surface area contributed by atoms with Crippen molar-refractivity contribution >= 4 is 32.9 Å². The largest absolute Gasteiger partial charge is 0.383 e. The van der Waals surface area contributed by atoms with Gasteiger partial charge in [0, 0.05) is 11.9 Å². The third-order valence-corrected chi connectivity index (χ3v) is 6.61. The van der Waals surface area contributed by atoms with E-state index in [0.717, 1.165) is 11.8 Å². The molecule has 2 aromatic carbocycles. The van der Waals surface area contributed by atoms with Crippen molar-refractivity contribution in [2.45, 2.75) is 19.9 Å². The number of nitrogens with two attached hydrogens (primary N) is 1. The van der Waals surface area contributed by atoms with Gasteiger partial charge in [-0.25, -0.2) is 22.9 Å². The number of para-hydroxylation sites is 1. The van der Waals surface area contributed by atoms with E-state index >= 15 is 0 Å². The fourth-order valence-electron chi connectivity index (χ4n) is 4.35. The Labute approximate surface area is 219 Å². The molecule has 0 spiro atoms. The summed E-state index contributed by atoms with van der Waals surface area (Å²) in [5.74, 6) is 1.06. The maximum absolute atomic E-state index is 13.7. The molecule has 5 aromatic rings. The molecule has 0 saturated carbocycles. The number of anilines is 3. The molecule has 12 heteroatoms. The molecule has 0 saturated heterocycles. The lowest BCUT2D eigenvalue weighted by Crippen LogP contribution is -2.29. The Kier molecular flexibility index (Phi) is 6.33. The van der Waals surface area contributed by atoms with Gasteiger partial charge in [-0.2, -0.15) is 5.10 Å². The summed E-state index contributed by atoms with van der Waals surface area (Å²) >= 11 is 0. The molecule has 0 bridgehead atoms. The van der Waals surface area contributed by atoms with Gasteiger partial charge in [0.1, 0.15) is 23.5 Å². The van der Waals surface area contributed by atoms with Crippen molar-refractivity contribution in [1.29, 1.82) is 0 Å². The summed E-state index contributed by atoms with van der Waals surface area (Å²) in [6, 6.07) is 17.4. The lowest BCUT2D eigenvalue weighted by molar-refractivity contribution is 0.607. The van der Waals surface area contributed by atoms with Crippen LogP contribution in [0.3, 0.4) is 0 Å². The molecule has 0 fully saturated rings. The van der Waals surface area contributed by atoms with Crippen LogP contribution in [0.5, 0.6) is 0 Å². The quantitative estimate of drug-likeness (QED) is 0.290. The number of nitrogens with one attached hydrogen (secondary N) is 2. The van der Waals surface area contributed by atoms with Crippen molar-refractivity contribution in [3.05, 3.63) is 94.9 Å². The van der Waals surface area contributed by atoms with E-state index in [1.807, 2.05) is 50.2 Å². The second-order valence-electron chi connectivity index (χ2n) is 8.93. The first-order valence-electron chi connectivity index (χ1n) is 11.7. The van der Waals surface area contributed by atoms with E-state index in [2.05, 4.69) is 20.0 Å². The normalized spacial score (nSPS) is 12.4. The molecule has 0 amide bonds. The van der Waals surface area contributed by atoms with Crippen LogP contribution >= 0.6 is 0 Å². The Morgan fingerprint density at radius 2 is 1.79 bits per heavy atom. The highest BCUT2D eigenvalue weighted by molar-refractivity contribution is 7.92. The van der Waals surface area contributed by atoms with E-state index in [-0.39, 0.29) is 11.4 Å². The van der Waals surface area contributed by atoms with Gasteiger partial charge in [-0.05, 0) is 55.3 Å². The third kappa shape index (κ3) is 4.81. The van der Waals surface area contributed by atoms with Crippen LogP contribution in [-0.2, 0) is 10.0 Å². The first-order chi connectivity index (χ1) is 18.1. The minimum atomic E-state index is -3.47. The Morgan fingerprint density at radius 3 is 2.53 bits per heavy atom. The second kappa shape index (κ2) is 9.63. The number of sulfonamides is 1. The number of aryl methyl sites for hydroxylation is 1. The van der Waals surface area contributed by atoms with Crippen molar-refractivity contribution < 1.29 is 8.42 Å². The van der Waals surface area contributed by atoms with Gasteiger partial charge < -0.3 is 11.1 Å². The molecular formula is C26H26N8O3S. The highest BCUT2D eigenvalue weighted by Gasteiger charge is 2.22. The van der Waals surface area contributed by atoms with Crippen LogP contribution in [0.25, 0.3) is 22.3 Å². The molecule has 0 aliphatic heterocycles. The first kappa shape index (κ1) is 25.0. The van der Waals surface area contributed by atoms with Crippen LogP contribution in [0, 0.1) is 6.92 Å². The molecule has 3 aromatic heterocycles. The van der Waals surface area contributed by atoms with Gasteiger partial charge in [0.2, 0.25) is 10.0 Å². The van der Waals surface area contributed by atoms with E-state index in [4.69, 9.17) is 10.8 Å². The van der Waals surface area contributed by atoms with Gasteiger partial charge in [0.15, 0.2) is 5.82 Å². The van der Waals surface area contributed by atoms with Crippen molar-refractivity contribution in [3.63, 3.8) is 0 Å². The smallest absolute Gasteiger partial charge is 0.282 e. The van der Waals surface area contributed by atoms with Crippen molar-refractivity contribution in [2.75, 3.05) is 22.0 Å². The molecule has 3 heterocycles. The Bertz CT molecular complexity index is 1810. The van der Waals surface area contributed by atoms with Crippen LogP contribution in [0.15, 0.2) is 78.0 Å². The predicted octanol–water partition coefficient (Wildman–Crippen LogP) is 3.38. The maximum Gasteiger partial charge on any atom is 0.282 e. The fraction of sp³-hybridized carbons (Fsp3) is 0.154. The lowest BCUT2D eigenvalue weighted by Gasteiger charge is -2.21. The number of benzene rings is 2. The van der Waals surface area contributed by atoms with E-state index in [1.54, 1.807) is 39.5 Å². The summed E-state index contributed by atoms with van der Waals surface area (Å²) in [7, 11) is -3.47. The van der Waals surface area contributed by atoms with Crippen LogP contribution < -0.4 is 21.3 Å². The lowest BCUT2D eigenvalue weighted by atomic mass is 10.1. The van der Waals surface area contributed by atoms with Crippen LogP contribution in [0.1, 0.15) is 24.4 Å². The van der Waals surface area contributed by atoms with E-state index < -0.39 is 16.1 Å². The highest BCUT2D eigenvalue weighted by Crippen LogP contribution is 2.34. The Morgan fingerprint density at radius 1 is 1.03 bits per heavy atom. The molecule has 194 valence electrons. The van der Waals surface area contributed by atoms with E-state index in [0.29, 0.717) is 39.7 Å². The third-order valence-electron chi connectivity index (χ3n) is 6.00. The van der Waals surface area contributed by atoms with Gasteiger partial charge >= 0.3 is 0 Å². The van der Waals surface area contributed by atoms with Crippen LogP contribution in [0.2, 0.25) is 0 Å². The zero-order valence-corrected chi connectivity index (χ0v) is 21.8. The monoisotopic (exact) mass is 530 g/mol. The number of aromatic nitrogens is 5. The van der Waals surface area contributed by atoms with Crippen molar-refractivity contribution in [3.8, 4) is 16.8 Å². The minimum absolute atomic E-state index is 0.195. The van der Waals surface area contributed by atoms with Gasteiger partial charge in [-0.15, -0.1) is 0 Å². The first-order valence-corrected chi connectivity index (χ1v) is 13.6. The number of rotatable bonds is 7. The number of hydrogen-bond donors (Lipinski definition) is 3. The van der Waals surface area contributed by atoms with Crippen molar-refractivity contribution in [1.82, 2.24) is 24.1 Å². The van der Waals surface area contributed by atoms with Crippen LogP contribution in [0.4, 0.5) is 17.3 Å². The standard InChI is InChI=1S/C26H26N8O3S/c1-16-12-13-33-22(16)26(35)34(20-10-5-4-6-11-20)25(31-33)17(2)30-24-21(23(27)28-15-29-24)18-8-7-9-19(14-18)32-38(3,36)37/h4-15,17,32H,1-3H3,(H3,27,28,29,30)/t17-/m0/s1. The summed E-state index contributed by atoms with van der Waals surface area (Å²) in [5, 5.41) is 8.11. The molecule has 0 unspecified atom stereocenters. The Hall–Kier alpha value is -4.71. The number of nitrogen functional groups attached to an aromatic ring is 1. The molecule has 0 aliphatic carbocycles. The molecule has 1 atom stereocenters. The molecular weight excluding hydrogens is 504 g/mol. The Balaban J connectivity index is 1.61. The molecule has 4 N–H and O–H groups in total. The predicted molar refractivity (Wildman–Crippen MR) is 148 cm³/mol. The van der Waals surface area contributed by atoms with E-state index in [9.17, 15) is 13.2 Å². The van der Waals surface area contributed by atoms with Crippen LogP contribution in [-0.4, -0.2) is 38.8 Å². The second-order valence-corrected chi connectivity index (χ2v) is 10.7. The number of hydrogen-bond acceptors (Lipinski definition) is 8. The topological polar surface area (TPSA) is 149 Å². The fourth-order valence-corrected chi connectivity index (χ4v) is 4.91. The summed E-state index contributed by atoms with van der Waals surface area (Å²) in [6.45, 7) is 3.74. The van der Waals surface area contributed by atoms with Gasteiger partial charge in [0.25, 0.3) is 5.56 Å². The molecule has 5 rings (SSSR count). The summed E-state index contributed by atoms with van der Waals surface area (Å²) in [4.78, 5) is 22.2. The zero-order valence-electron chi connectivity index (χ0n) is 21.0. The SMILES string of the molecule is Cc1ccn2nc([C@H](C)Nc3ncnc(N)c3-c3cccc(NS(C)(=O)=O)c3)n(-c3ccccc3)c(=O)c12. The minimum Gasteiger partial charge on any atom is -0.383 e. The van der Waals surface area contributed by atoms with Gasteiger partial charge in [-0.1, -0.05) is 30.3 Å². The van der Waals surface area contributed by atoms with E-state index in [1.165, 1.54) is 6.33 Å². The van der Waals surface area contributed by atoms with Gasteiger partial charge in [-0.3, -0.25) is 14.1 Å². The number of nitrogens with zero attached hydrogens (tertiary/aromatic N) is 5. The molecule has 0 radical (unpaired) electrons. The summed E-state index contributed by atoms with van der Waals surface area (Å²) in [5.41, 5.74) is 9.54. The average molecular weight is 531 g/mol. The van der Waals surface area contributed by atoms with Gasteiger partial charge in [0.05, 0.1) is 23.5 Å². The highest BCUT2D eigenvalue weighted by atomic mass is 32.2. The molecule has 0 aliphatic rings.